The van der Waals surface area contributed by atoms with E-state index in [4.69, 9.17) is 11.6 Å². The zero-order chi connectivity index (χ0) is 14.7. The van der Waals surface area contributed by atoms with Crippen molar-refractivity contribution in [2.75, 3.05) is 0 Å². The Hall–Kier alpha value is -1.60. The molecule has 0 spiro atoms. The van der Waals surface area contributed by atoms with Gasteiger partial charge in [0.15, 0.2) is 5.78 Å². The van der Waals surface area contributed by atoms with E-state index >= 15 is 0 Å². The Morgan fingerprint density at radius 1 is 1.05 bits per heavy atom. The van der Waals surface area contributed by atoms with Gasteiger partial charge in [0, 0.05) is 16.1 Å². The van der Waals surface area contributed by atoms with Gasteiger partial charge in [-0.2, -0.15) is 0 Å². The first-order chi connectivity index (χ1) is 9.55. The highest BCUT2D eigenvalue weighted by atomic mass is 35.5. The highest BCUT2D eigenvalue weighted by Crippen LogP contribution is 2.21. The zero-order valence-electron chi connectivity index (χ0n) is 12.2. The Kier molecular flexibility index (Phi) is 4.61. The number of hydrogen-bond donors (Lipinski definition) is 0. The second kappa shape index (κ2) is 6.23. The quantitative estimate of drug-likeness (QED) is 0.723. The zero-order valence-corrected chi connectivity index (χ0v) is 12.9. The van der Waals surface area contributed by atoms with Crippen LogP contribution in [0.2, 0.25) is 5.02 Å². The molecule has 0 fully saturated rings. The minimum absolute atomic E-state index is 0.0581. The van der Waals surface area contributed by atoms with Gasteiger partial charge < -0.3 is 0 Å². The number of rotatable bonds is 4. The van der Waals surface area contributed by atoms with Crippen LogP contribution in [0.4, 0.5) is 0 Å². The van der Waals surface area contributed by atoms with Gasteiger partial charge in [-0.15, -0.1) is 0 Å². The van der Waals surface area contributed by atoms with Crippen LogP contribution < -0.4 is 0 Å². The summed E-state index contributed by atoms with van der Waals surface area (Å²) in [5.41, 5.74) is 4.74. The van der Waals surface area contributed by atoms with Crippen LogP contribution in [0.15, 0.2) is 36.4 Å². The lowest BCUT2D eigenvalue weighted by Gasteiger charge is -2.10. The van der Waals surface area contributed by atoms with E-state index in [0.717, 1.165) is 29.5 Å². The summed E-state index contributed by atoms with van der Waals surface area (Å²) in [4.78, 5) is 12.7. The standard InChI is InChI=1S/C18H19ClO/c1-4-13-6-7-14(5-2)17(10-13)18(20)15-8-12(3)9-16(19)11-15/h6-11H,4-5H2,1-3H3. The van der Waals surface area contributed by atoms with E-state index in [1.165, 1.54) is 5.56 Å². The number of hydrogen-bond acceptors (Lipinski definition) is 1. The molecule has 20 heavy (non-hydrogen) atoms. The van der Waals surface area contributed by atoms with Crippen molar-refractivity contribution >= 4 is 17.4 Å². The van der Waals surface area contributed by atoms with Crippen LogP contribution in [-0.2, 0) is 12.8 Å². The topological polar surface area (TPSA) is 17.1 Å². The molecule has 2 aromatic carbocycles. The van der Waals surface area contributed by atoms with E-state index < -0.39 is 0 Å². The summed E-state index contributed by atoms with van der Waals surface area (Å²) < 4.78 is 0. The Morgan fingerprint density at radius 3 is 2.40 bits per heavy atom. The van der Waals surface area contributed by atoms with E-state index in [9.17, 15) is 4.79 Å². The minimum atomic E-state index is 0.0581. The highest BCUT2D eigenvalue weighted by Gasteiger charge is 2.14. The second-order valence-electron chi connectivity index (χ2n) is 5.04. The van der Waals surface area contributed by atoms with Gasteiger partial charge in [0.2, 0.25) is 0 Å². The average Bonchev–Trinajstić information content (AvgIpc) is 2.44. The number of carbonyl (C=O) groups is 1. The van der Waals surface area contributed by atoms with Crippen LogP contribution in [0.1, 0.15) is 46.5 Å². The van der Waals surface area contributed by atoms with Gasteiger partial charge in [0.25, 0.3) is 0 Å². The van der Waals surface area contributed by atoms with E-state index in [0.29, 0.717) is 10.6 Å². The maximum atomic E-state index is 12.7. The molecule has 0 saturated heterocycles. The minimum Gasteiger partial charge on any atom is -0.289 e. The lowest BCUT2D eigenvalue weighted by Crippen LogP contribution is -2.06. The highest BCUT2D eigenvalue weighted by molar-refractivity contribution is 6.31. The predicted molar refractivity (Wildman–Crippen MR) is 84.8 cm³/mol. The molecule has 0 unspecified atom stereocenters. The molecule has 0 bridgehead atoms. The smallest absolute Gasteiger partial charge is 0.193 e. The van der Waals surface area contributed by atoms with E-state index in [2.05, 4.69) is 26.0 Å². The van der Waals surface area contributed by atoms with E-state index in [1.54, 1.807) is 6.07 Å². The summed E-state index contributed by atoms with van der Waals surface area (Å²) in [6.45, 7) is 6.12. The first-order valence-corrected chi connectivity index (χ1v) is 7.36. The van der Waals surface area contributed by atoms with Crippen molar-refractivity contribution in [1.82, 2.24) is 0 Å². The fourth-order valence-electron chi connectivity index (χ4n) is 2.39. The molecular formula is C18H19ClO. The third-order valence-electron chi connectivity index (χ3n) is 3.51. The van der Waals surface area contributed by atoms with Gasteiger partial charge in [0.1, 0.15) is 0 Å². The molecule has 0 aliphatic heterocycles. The Bertz CT molecular complexity index is 624. The molecule has 1 nitrogen and oxygen atoms in total. The molecule has 0 aliphatic carbocycles. The van der Waals surface area contributed by atoms with Crippen LogP contribution in [0.5, 0.6) is 0 Å². The number of benzene rings is 2. The fraction of sp³-hybridized carbons (Fsp3) is 0.278. The number of halogens is 1. The van der Waals surface area contributed by atoms with Crippen molar-refractivity contribution in [3.05, 3.63) is 69.2 Å². The molecule has 2 heteroatoms. The summed E-state index contributed by atoms with van der Waals surface area (Å²) in [5, 5.41) is 0.609. The lowest BCUT2D eigenvalue weighted by molar-refractivity contribution is 0.103. The molecular weight excluding hydrogens is 268 g/mol. The van der Waals surface area contributed by atoms with Crippen molar-refractivity contribution in [2.45, 2.75) is 33.6 Å². The van der Waals surface area contributed by atoms with Crippen molar-refractivity contribution < 1.29 is 4.79 Å². The molecule has 0 saturated carbocycles. The van der Waals surface area contributed by atoms with Crippen LogP contribution in [0, 0.1) is 6.92 Å². The maximum Gasteiger partial charge on any atom is 0.193 e. The molecule has 0 aromatic heterocycles. The van der Waals surface area contributed by atoms with Crippen LogP contribution in [-0.4, -0.2) is 5.78 Å². The predicted octanol–water partition coefficient (Wildman–Crippen LogP) is 5.00. The largest absolute Gasteiger partial charge is 0.289 e. The molecule has 0 radical (unpaired) electrons. The van der Waals surface area contributed by atoms with Crippen LogP contribution in [0.25, 0.3) is 0 Å². The van der Waals surface area contributed by atoms with Gasteiger partial charge >= 0.3 is 0 Å². The second-order valence-corrected chi connectivity index (χ2v) is 5.48. The van der Waals surface area contributed by atoms with Crippen molar-refractivity contribution in [3.63, 3.8) is 0 Å². The SMILES string of the molecule is CCc1ccc(CC)c(C(=O)c2cc(C)cc(Cl)c2)c1. The Morgan fingerprint density at radius 2 is 1.80 bits per heavy atom. The molecule has 2 aromatic rings. The summed E-state index contributed by atoms with van der Waals surface area (Å²) in [5.74, 6) is 0.0581. The summed E-state index contributed by atoms with van der Waals surface area (Å²) in [6.07, 6.45) is 1.78. The van der Waals surface area contributed by atoms with Gasteiger partial charge in [-0.25, -0.2) is 0 Å². The van der Waals surface area contributed by atoms with Crippen molar-refractivity contribution in [3.8, 4) is 0 Å². The number of ketones is 1. The van der Waals surface area contributed by atoms with E-state index in [1.807, 2.05) is 25.1 Å². The maximum absolute atomic E-state index is 12.7. The molecule has 0 N–H and O–H groups in total. The van der Waals surface area contributed by atoms with Gasteiger partial charge in [-0.1, -0.05) is 37.6 Å². The monoisotopic (exact) mass is 286 g/mol. The molecule has 0 atom stereocenters. The van der Waals surface area contributed by atoms with Crippen molar-refractivity contribution in [1.29, 1.82) is 0 Å². The van der Waals surface area contributed by atoms with Gasteiger partial charge in [-0.3, -0.25) is 4.79 Å². The van der Waals surface area contributed by atoms with E-state index in [-0.39, 0.29) is 5.78 Å². The molecule has 0 heterocycles. The summed E-state index contributed by atoms with van der Waals surface area (Å²) in [6, 6.07) is 11.7. The van der Waals surface area contributed by atoms with Crippen LogP contribution >= 0.6 is 11.6 Å². The lowest BCUT2D eigenvalue weighted by atomic mass is 9.94. The number of aryl methyl sites for hydroxylation is 3. The third-order valence-corrected chi connectivity index (χ3v) is 3.73. The fourth-order valence-corrected chi connectivity index (χ4v) is 2.68. The summed E-state index contributed by atoms with van der Waals surface area (Å²) >= 11 is 6.06. The third kappa shape index (κ3) is 3.10. The first-order valence-electron chi connectivity index (χ1n) is 6.98. The summed E-state index contributed by atoms with van der Waals surface area (Å²) in [7, 11) is 0. The van der Waals surface area contributed by atoms with Crippen LogP contribution in [0.3, 0.4) is 0 Å². The molecule has 104 valence electrons. The molecule has 0 aliphatic rings. The molecule has 0 amide bonds. The van der Waals surface area contributed by atoms with Gasteiger partial charge in [-0.05, 0) is 60.7 Å². The Balaban J connectivity index is 2.51. The molecule has 2 rings (SSSR count). The Labute approximate surface area is 125 Å². The average molecular weight is 287 g/mol. The van der Waals surface area contributed by atoms with Gasteiger partial charge in [0.05, 0.1) is 0 Å². The number of carbonyl (C=O) groups excluding carboxylic acids is 1. The normalized spacial score (nSPS) is 10.6. The van der Waals surface area contributed by atoms with Crippen molar-refractivity contribution in [2.24, 2.45) is 0 Å². The first kappa shape index (κ1) is 14.8.